The number of pyridine rings is 1. The molecule has 0 spiro atoms. The van der Waals surface area contributed by atoms with Gasteiger partial charge in [0.05, 0.1) is 12.2 Å². The molecular weight excluding hydrogens is 232 g/mol. The van der Waals surface area contributed by atoms with E-state index < -0.39 is 6.10 Å². The van der Waals surface area contributed by atoms with E-state index in [0.29, 0.717) is 18.0 Å². The fourth-order valence-electron chi connectivity index (χ4n) is 1.36. The van der Waals surface area contributed by atoms with Gasteiger partial charge in [0.15, 0.2) is 0 Å². The Bertz CT molecular complexity index is 392. The molecule has 0 radical (unpaired) electrons. The van der Waals surface area contributed by atoms with Gasteiger partial charge in [-0.05, 0) is 39.3 Å². The van der Waals surface area contributed by atoms with E-state index in [1.54, 1.807) is 25.3 Å². The maximum atomic E-state index is 11.6. The van der Waals surface area contributed by atoms with Crippen LogP contribution < -0.4 is 10.1 Å². The predicted octanol–water partition coefficient (Wildman–Crippen LogP) is 1.97. The Morgan fingerprint density at radius 2 is 2.22 bits per heavy atom. The third-order valence-electron chi connectivity index (χ3n) is 2.18. The number of nitrogens with zero attached hydrogens (tertiary/aromatic N) is 1. The van der Waals surface area contributed by atoms with Crippen LogP contribution in [0.5, 0.6) is 5.88 Å². The van der Waals surface area contributed by atoms with Crippen molar-refractivity contribution >= 4 is 11.6 Å². The highest BCUT2D eigenvalue weighted by Crippen LogP contribution is 2.21. The molecule has 1 rings (SSSR count). The molecule has 1 amide bonds. The van der Waals surface area contributed by atoms with Crippen molar-refractivity contribution in [3.05, 3.63) is 18.3 Å². The normalized spacial score (nSPS) is 12.3. The Morgan fingerprint density at radius 1 is 1.50 bits per heavy atom. The highest BCUT2D eigenvalue weighted by Gasteiger charge is 2.10. The lowest BCUT2D eigenvalue weighted by Crippen LogP contribution is -2.16. The highest BCUT2D eigenvalue weighted by molar-refractivity contribution is 5.91. The molecule has 1 aromatic heterocycles. The van der Waals surface area contributed by atoms with Gasteiger partial charge in [-0.3, -0.25) is 4.79 Å². The first-order chi connectivity index (χ1) is 8.49. The van der Waals surface area contributed by atoms with Crippen molar-refractivity contribution in [2.45, 2.75) is 45.8 Å². The van der Waals surface area contributed by atoms with E-state index in [2.05, 4.69) is 10.3 Å². The number of aromatic nitrogens is 1. The van der Waals surface area contributed by atoms with Crippen molar-refractivity contribution in [1.29, 1.82) is 0 Å². The van der Waals surface area contributed by atoms with Gasteiger partial charge in [0.25, 0.3) is 0 Å². The highest BCUT2D eigenvalue weighted by atomic mass is 16.5. The second-order valence-electron chi connectivity index (χ2n) is 4.46. The Kier molecular flexibility index (Phi) is 5.58. The van der Waals surface area contributed by atoms with E-state index in [4.69, 9.17) is 9.84 Å². The number of amides is 1. The molecule has 5 nitrogen and oxygen atoms in total. The largest absolute Gasteiger partial charge is 0.473 e. The first-order valence-electron chi connectivity index (χ1n) is 6.08. The lowest BCUT2D eigenvalue weighted by molar-refractivity contribution is -0.116. The van der Waals surface area contributed by atoms with Crippen LogP contribution in [0.15, 0.2) is 18.3 Å². The van der Waals surface area contributed by atoms with Crippen LogP contribution in [0.2, 0.25) is 0 Å². The Morgan fingerprint density at radius 3 is 2.83 bits per heavy atom. The van der Waals surface area contributed by atoms with Crippen LogP contribution in [0.25, 0.3) is 0 Å². The molecule has 2 N–H and O–H groups in total. The minimum atomic E-state index is -0.476. The van der Waals surface area contributed by atoms with Gasteiger partial charge in [-0.1, -0.05) is 0 Å². The first-order valence-corrected chi connectivity index (χ1v) is 6.08. The van der Waals surface area contributed by atoms with Crippen molar-refractivity contribution in [3.63, 3.8) is 0 Å². The number of carbonyl (C=O) groups excluding carboxylic acids is 1. The molecule has 0 fully saturated rings. The SMILES string of the molecule is CC(O)CCC(=O)Nc1cccnc1OC(C)C. The van der Waals surface area contributed by atoms with Crippen LogP contribution in [0, 0.1) is 0 Å². The summed E-state index contributed by atoms with van der Waals surface area (Å²) in [6.45, 7) is 5.45. The number of carbonyl (C=O) groups is 1. The van der Waals surface area contributed by atoms with Gasteiger partial charge in [-0.25, -0.2) is 4.98 Å². The van der Waals surface area contributed by atoms with Crippen LogP contribution >= 0.6 is 0 Å². The fourth-order valence-corrected chi connectivity index (χ4v) is 1.36. The predicted molar refractivity (Wildman–Crippen MR) is 69.5 cm³/mol. The molecule has 0 bridgehead atoms. The summed E-state index contributed by atoms with van der Waals surface area (Å²) in [7, 11) is 0. The number of anilines is 1. The minimum Gasteiger partial charge on any atom is -0.473 e. The Hall–Kier alpha value is -1.62. The van der Waals surface area contributed by atoms with Crippen LogP contribution in [0.3, 0.4) is 0 Å². The lowest BCUT2D eigenvalue weighted by Gasteiger charge is -2.13. The van der Waals surface area contributed by atoms with Crippen LogP contribution in [-0.4, -0.2) is 28.2 Å². The van der Waals surface area contributed by atoms with Gasteiger partial charge in [0.1, 0.15) is 5.69 Å². The third kappa shape index (κ3) is 5.14. The van der Waals surface area contributed by atoms with Gasteiger partial charge >= 0.3 is 0 Å². The number of ether oxygens (including phenoxy) is 1. The molecule has 1 unspecified atom stereocenters. The average Bonchev–Trinajstić information content (AvgIpc) is 2.28. The van der Waals surface area contributed by atoms with E-state index in [1.165, 1.54) is 0 Å². The molecule has 1 atom stereocenters. The number of rotatable bonds is 6. The zero-order chi connectivity index (χ0) is 13.5. The number of hydrogen-bond donors (Lipinski definition) is 2. The molecule has 1 heterocycles. The topological polar surface area (TPSA) is 71.5 Å². The van der Waals surface area contributed by atoms with Gasteiger partial charge in [-0.15, -0.1) is 0 Å². The van der Waals surface area contributed by atoms with Crippen molar-refractivity contribution < 1.29 is 14.6 Å². The van der Waals surface area contributed by atoms with E-state index >= 15 is 0 Å². The molecule has 0 aliphatic rings. The molecule has 0 aromatic carbocycles. The first kappa shape index (κ1) is 14.4. The van der Waals surface area contributed by atoms with Crippen LogP contribution in [0.4, 0.5) is 5.69 Å². The van der Waals surface area contributed by atoms with Gasteiger partial charge in [0, 0.05) is 12.6 Å². The number of aliphatic hydroxyl groups is 1. The van der Waals surface area contributed by atoms with Gasteiger partial charge in [-0.2, -0.15) is 0 Å². The summed E-state index contributed by atoms with van der Waals surface area (Å²) < 4.78 is 5.50. The number of hydrogen-bond acceptors (Lipinski definition) is 4. The Balaban J connectivity index is 2.63. The van der Waals surface area contributed by atoms with Crippen molar-refractivity contribution in [2.24, 2.45) is 0 Å². The quantitative estimate of drug-likeness (QED) is 0.812. The zero-order valence-corrected chi connectivity index (χ0v) is 11.0. The molecule has 0 saturated carbocycles. The molecule has 0 saturated heterocycles. The second kappa shape index (κ2) is 6.96. The number of aliphatic hydroxyl groups excluding tert-OH is 1. The second-order valence-corrected chi connectivity index (χ2v) is 4.46. The van der Waals surface area contributed by atoms with Gasteiger partial charge < -0.3 is 15.2 Å². The molecule has 100 valence electrons. The van der Waals surface area contributed by atoms with E-state index in [0.717, 1.165) is 0 Å². The molecule has 0 aliphatic heterocycles. The summed E-state index contributed by atoms with van der Waals surface area (Å²) in [6, 6.07) is 3.47. The third-order valence-corrected chi connectivity index (χ3v) is 2.18. The zero-order valence-electron chi connectivity index (χ0n) is 11.0. The van der Waals surface area contributed by atoms with E-state index in [9.17, 15) is 4.79 Å². The molecule has 0 aliphatic carbocycles. The van der Waals surface area contributed by atoms with Crippen LogP contribution in [0.1, 0.15) is 33.6 Å². The van der Waals surface area contributed by atoms with E-state index in [1.807, 2.05) is 13.8 Å². The molecule has 18 heavy (non-hydrogen) atoms. The number of nitrogens with one attached hydrogen (secondary N) is 1. The van der Waals surface area contributed by atoms with Crippen molar-refractivity contribution in [1.82, 2.24) is 4.98 Å². The summed E-state index contributed by atoms with van der Waals surface area (Å²) in [6.07, 6.45) is 1.84. The maximum Gasteiger partial charge on any atom is 0.238 e. The monoisotopic (exact) mass is 252 g/mol. The summed E-state index contributed by atoms with van der Waals surface area (Å²) in [5.41, 5.74) is 0.557. The standard InChI is InChI=1S/C13H20N2O3/c1-9(2)18-13-11(5-4-8-14-13)15-12(17)7-6-10(3)16/h4-5,8-10,16H,6-7H2,1-3H3,(H,15,17). The molecular formula is C13H20N2O3. The smallest absolute Gasteiger partial charge is 0.238 e. The minimum absolute atomic E-state index is 0.00647. The average molecular weight is 252 g/mol. The summed E-state index contributed by atoms with van der Waals surface area (Å²) in [5, 5.41) is 11.9. The van der Waals surface area contributed by atoms with E-state index in [-0.39, 0.29) is 18.4 Å². The summed E-state index contributed by atoms with van der Waals surface area (Å²) in [4.78, 5) is 15.7. The molecule has 1 aromatic rings. The Labute approximate surface area is 107 Å². The van der Waals surface area contributed by atoms with Crippen LogP contribution in [-0.2, 0) is 4.79 Å². The summed E-state index contributed by atoms with van der Waals surface area (Å²) in [5.74, 6) is 0.260. The molecule has 5 heteroatoms. The lowest BCUT2D eigenvalue weighted by atomic mass is 10.2. The van der Waals surface area contributed by atoms with Gasteiger partial charge in [0.2, 0.25) is 11.8 Å². The van der Waals surface area contributed by atoms with Crippen molar-refractivity contribution in [3.8, 4) is 5.88 Å². The maximum absolute atomic E-state index is 11.6. The van der Waals surface area contributed by atoms with Crippen molar-refractivity contribution in [2.75, 3.05) is 5.32 Å². The summed E-state index contributed by atoms with van der Waals surface area (Å²) >= 11 is 0. The fraction of sp³-hybridized carbons (Fsp3) is 0.538.